The summed E-state index contributed by atoms with van der Waals surface area (Å²) in [5.74, 6) is 1.70. The van der Waals surface area contributed by atoms with Crippen LogP contribution < -0.4 is 10.1 Å². The normalized spacial score (nSPS) is 11.8. The minimum absolute atomic E-state index is 0.0603. The Morgan fingerprint density at radius 2 is 1.88 bits per heavy atom. The number of rotatable bonds is 11. The Hall–Kier alpha value is -3.06. The minimum Gasteiger partial charge on any atom is -0.482 e. The van der Waals surface area contributed by atoms with Crippen LogP contribution in [0, 0.1) is 13.8 Å². The lowest BCUT2D eigenvalue weighted by atomic mass is 10.0. The molecule has 1 N–H and O–H groups in total. The summed E-state index contributed by atoms with van der Waals surface area (Å²) in [7, 11) is 0. The minimum atomic E-state index is -0.305. The fourth-order valence-corrected chi connectivity index (χ4v) is 4.65. The van der Waals surface area contributed by atoms with E-state index in [0.717, 1.165) is 41.0 Å². The summed E-state index contributed by atoms with van der Waals surface area (Å²) < 4.78 is 8.15. The van der Waals surface area contributed by atoms with Crippen LogP contribution in [0.3, 0.4) is 0 Å². The number of thioether (sulfide) groups is 1. The van der Waals surface area contributed by atoms with Crippen LogP contribution in [0.5, 0.6) is 5.75 Å². The number of hydrogen-bond acceptors (Lipinski definition) is 5. The van der Waals surface area contributed by atoms with Gasteiger partial charge in [-0.1, -0.05) is 67.6 Å². The number of amides is 1. The Morgan fingerprint density at radius 3 is 2.50 bits per heavy atom. The molecule has 1 amide bonds. The molecule has 3 rings (SSSR count). The van der Waals surface area contributed by atoms with Crippen molar-refractivity contribution in [3.8, 4) is 5.75 Å². The van der Waals surface area contributed by atoms with Gasteiger partial charge in [-0.05, 0) is 56.4 Å². The zero-order chi connectivity index (χ0) is 24.7. The molecule has 1 heterocycles. The highest BCUT2D eigenvalue weighted by molar-refractivity contribution is 7.99. The van der Waals surface area contributed by atoms with Gasteiger partial charge in [-0.3, -0.25) is 9.36 Å². The Balaban J connectivity index is 1.72. The second-order valence-electron chi connectivity index (χ2n) is 8.26. The largest absolute Gasteiger partial charge is 0.482 e. The van der Waals surface area contributed by atoms with E-state index in [1.165, 1.54) is 17.3 Å². The van der Waals surface area contributed by atoms with Crippen LogP contribution in [0.2, 0.25) is 0 Å². The smallest absolute Gasteiger partial charge is 0.234 e. The molecule has 7 heteroatoms. The van der Waals surface area contributed by atoms with E-state index >= 15 is 0 Å². The van der Waals surface area contributed by atoms with Gasteiger partial charge in [0.15, 0.2) is 17.1 Å². The summed E-state index contributed by atoms with van der Waals surface area (Å²) in [6, 6.07) is 12.3. The van der Waals surface area contributed by atoms with Gasteiger partial charge in [0, 0.05) is 12.2 Å². The molecule has 0 aliphatic heterocycles. The molecule has 1 aromatic heterocycles. The van der Waals surface area contributed by atoms with Gasteiger partial charge in [0.2, 0.25) is 5.91 Å². The maximum absolute atomic E-state index is 12.8. The first-order valence-corrected chi connectivity index (χ1v) is 12.7. The van der Waals surface area contributed by atoms with Gasteiger partial charge in [-0.2, -0.15) is 0 Å². The van der Waals surface area contributed by atoms with E-state index < -0.39 is 0 Å². The predicted molar refractivity (Wildman–Crippen MR) is 140 cm³/mol. The van der Waals surface area contributed by atoms with Gasteiger partial charge in [0.25, 0.3) is 0 Å². The lowest BCUT2D eigenvalue weighted by molar-refractivity contribution is -0.113. The quantitative estimate of drug-likeness (QED) is 0.267. The van der Waals surface area contributed by atoms with Crippen molar-refractivity contribution in [1.29, 1.82) is 0 Å². The number of aromatic nitrogens is 3. The number of allylic oxidation sites excluding steroid dienone is 1. The molecular formula is C27H34N4O2S. The SMILES string of the molecule is C=CCn1c(SCC(=O)Nc2c(CC)cccc2CC)nnc1C(C)Oc1ccc(C)cc1C. The number of aryl methyl sites for hydroxylation is 4. The van der Waals surface area contributed by atoms with Crippen molar-refractivity contribution in [2.24, 2.45) is 0 Å². The summed E-state index contributed by atoms with van der Waals surface area (Å²) in [5.41, 5.74) is 5.49. The molecule has 0 fully saturated rings. The van der Waals surface area contributed by atoms with Crippen molar-refractivity contribution in [3.05, 3.63) is 77.1 Å². The van der Waals surface area contributed by atoms with E-state index in [9.17, 15) is 4.79 Å². The number of ether oxygens (including phenoxy) is 1. The average Bonchev–Trinajstić information content (AvgIpc) is 3.22. The summed E-state index contributed by atoms with van der Waals surface area (Å²) in [6.45, 7) is 14.6. The molecule has 0 saturated carbocycles. The van der Waals surface area contributed by atoms with Gasteiger partial charge in [0.05, 0.1) is 5.75 Å². The second-order valence-corrected chi connectivity index (χ2v) is 9.21. The first-order chi connectivity index (χ1) is 16.4. The number of anilines is 1. The molecule has 0 bridgehead atoms. The Kier molecular flexibility index (Phi) is 8.93. The highest BCUT2D eigenvalue weighted by Gasteiger charge is 2.20. The summed E-state index contributed by atoms with van der Waals surface area (Å²) in [6.07, 6.45) is 3.23. The van der Waals surface area contributed by atoms with Gasteiger partial charge in [0.1, 0.15) is 5.75 Å². The van der Waals surface area contributed by atoms with Crippen molar-refractivity contribution in [2.75, 3.05) is 11.1 Å². The number of nitrogens with one attached hydrogen (secondary N) is 1. The Bertz CT molecular complexity index is 1130. The molecule has 6 nitrogen and oxygen atoms in total. The van der Waals surface area contributed by atoms with Gasteiger partial charge in [-0.15, -0.1) is 16.8 Å². The molecular weight excluding hydrogens is 444 g/mol. The molecule has 0 spiro atoms. The lowest BCUT2D eigenvalue weighted by Crippen LogP contribution is -2.17. The van der Waals surface area contributed by atoms with Crippen molar-refractivity contribution < 1.29 is 9.53 Å². The van der Waals surface area contributed by atoms with E-state index in [2.05, 4.69) is 61.1 Å². The molecule has 180 valence electrons. The fraction of sp³-hybridized carbons (Fsp3) is 0.370. The third-order valence-electron chi connectivity index (χ3n) is 5.65. The average molecular weight is 479 g/mol. The topological polar surface area (TPSA) is 69.0 Å². The number of nitrogens with zero attached hydrogens (tertiary/aromatic N) is 3. The molecule has 2 aromatic carbocycles. The van der Waals surface area contributed by atoms with Crippen LogP contribution in [0.25, 0.3) is 0 Å². The first-order valence-electron chi connectivity index (χ1n) is 11.7. The Labute approximate surface area is 206 Å². The number of benzene rings is 2. The maximum Gasteiger partial charge on any atom is 0.234 e. The molecule has 1 unspecified atom stereocenters. The lowest BCUT2D eigenvalue weighted by Gasteiger charge is -2.17. The van der Waals surface area contributed by atoms with Crippen molar-refractivity contribution >= 4 is 23.4 Å². The summed E-state index contributed by atoms with van der Waals surface area (Å²) in [5, 5.41) is 12.5. The molecule has 0 aliphatic rings. The molecule has 34 heavy (non-hydrogen) atoms. The highest BCUT2D eigenvalue weighted by Crippen LogP contribution is 2.28. The standard InChI is InChI=1S/C27H34N4O2S/c1-7-15-31-26(20(6)33-23-14-13-18(4)16-19(23)5)29-30-27(31)34-17-24(32)28-25-21(8-2)11-10-12-22(25)9-3/h7,10-14,16,20H,1,8-9,15,17H2,2-6H3,(H,28,32). The van der Waals surface area contributed by atoms with E-state index in [0.29, 0.717) is 17.5 Å². The van der Waals surface area contributed by atoms with Crippen molar-refractivity contribution in [1.82, 2.24) is 14.8 Å². The van der Waals surface area contributed by atoms with Crippen molar-refractivity contribution in [2.45, 2.75) is 65.3 Å². The van der Waals surface area contributed by atoms with E-state index in [1.54, 1.807) is 6.08 Å². The number of hydrogen-bond donors (Lipinski definition) is 1. The third-order valence-corrected chi connectivity index (χ3v) is 6.62. The second kappa shape index (κ2) is 11.9. The van der Waals surface area contributed by atoms with Crippen molar-refractivity contribution in [3.63, 3.8) is 0 Å². The van der Waals surface area contributed by atoms with Crippen LogP contribution in [0.4, 0.5) is 5.69 Å². The molecule has 0 radical (unpaired) electrons. The molecule has 0 saturated heterocycles. The van der Waals surface area contributed by atoms with E-state index in [4.69, 9.17) is 4.74 Å². The number of carbonyl (C=O) groups excluding carboxylic acids is 1. The maximum atomic E-state index is 12.8. The predicted octanol–water partition coefficient (Wildman–Crippen LogP) is 6.08. The van der Waals surface area contributed by atoms with Crippen LogP contribution in [0.1, 0.15) is 55.0 Å². The van der Waals surface area contributed by atoms with Crippen LogP contribution in [-0.2, 0) is 24.2 Å². The highest BCUT2D eigenvalue weighted by atomic mass is 32.2. The van der Waals surface area contributed by atoms with E-state index in [1.807, 2.05) is 36.6 Å². The van der Waals surface area contributed by atoms with Gasteiger partial charge in [-0.25, -0.2) is 0 Å². The first kappa shape index (κ1) is 25.6. The molecule has 1 atom stereocenters. The van der Waals surface area contributed by atoms with Crippen LogP contribution >= 0.6 is 11.8 Å². The van der Waals surface area contributed by atoms with Gasteiger partial charge >= 0.3 is 0 Å². The number of carbonyl (C=O) groups is 1. The van der Waals surface area contributed by atoms with Crippen LogP contribution in [0.15, 0.2) is 54.2 Å². The zero-order valence-corrected chi connectivity index (χ0v) is 21.5. The van der Waals surface area contributed by atoms with Gasteiger partial charge < -0.3 is 10.1 Å². The van der Waals surface area contributed by atoms with Crippen LogP contribution in [-0.4, -0.2) is 26.4 Å². The summed E-state index contributed by atoms with van der Waals surface area (Å²) in [4.78, 5) is 12.8. The number of para-hydroxylation sites is 1. The van der Waals surface area contributed by atoms with E-state index in [-0.39, 0.29) is 17.8 Å². The third kappa shape index (κ3) is 6.08. The fourth-order valence-electron chi connectivity index (χ4n) is 3.89. The summed E-state index contributed by atoms with van der Waals surface area (Å²) >= 11 is 1.36. The Morgan fingerprint density at radius 1 is 1.18 bits per heavy atom. The monoisotopic (exact) mass is 478 g/mol. The molecule has 0 aliphatic carbocycles. The molecule has 3 aromatic rings. The zero-order valence-electron chi connectivity index (χ0n) is 20.7.